The minimum atomic E-state index is -0.755. The van der Waals surface area contributed by atoms with Crippen LogP contribution < -0.4 is 0 Å². The quantitative estimate of drug-likeness (QED) is 0.364. The molecule has 0 saturated carbocycles. The third-order valence-corrected chi connectivity index (χ3v) is 5.94. The van der Waals surface area contributed by atoms with Crippen LogP contribution in [-0.4, -0.2) is 21.8 Å². The van der Waals surface area contributed by atoms with E-state index in [0.717, 1.165) is 33.4 Å². The molecule has 0 bridgehead atoms. The van der Waals surface area contributed by atoms with E-state index < -0.39 is 17.0 Å². The summed E-state index contributed by atoms with van der Waals surface area (Å²) in [6.45, 7) is 3.22. The largest absolute Gasteiger partial charge is 0.504 e. The topological polar surface area (TPSA) is 74.6 Å². The molecule has 4 heteroatoms. The number of fused-ring (bicyclic) bond motifs is 3. The van der Waals surface area contributed by atoms with E-state index in [-0.39, 0.29) is 17.9 Å². The summed E-state index contributed by atoms with van der Waals surface area (Å²) < 4.78 is 0. The summed E-state index contributed by atoms with van der Waals surface area (Å²) in [4.78, 5) is 23.5. The molecule has 0 radical (unpaired) electrons. The predicted molar refractivity (Wildman–Crippen MR) is 116 cm³/mol. The lowest BCUT2D eigenvalue weighted by Crippen LogP contribution is -2.28. The second-order valence-electron chi connectivity index (χ2n) is 7.62. The Morgan fingerprint density at radius 1 is 0.833 bits per heavy atom. The zero-order chi connectivity index (χ0) is 21.5. The number of hydrogen-bond donors (Lipinski definition) is 2. The van der Waals surface area contributed by atoms with Gasteiger partial charge >= 0.3 is 0 Å². The Labute approximate surface area is 175 Å². The van der Waals surface area contributed by atoms with Gasteiger partial charge in [-0.05, 0) is 46.9 Å². The maximum atomic E-state index is 12.0. The van der Waals surface area contributed by atoms with E-state index in [1.54, 1.807) is 18.2 Å². The molecule has 4 nitrogen and oxygen atoms in total. The van der Waals surface area contributed by atoms with Crippen LogP contribution in [0.1, 0.15) is 37.0 Å². The number of rotatable bonds is 5. The fourth-order valence-electron chi connectivity index (χ4n) is 4.50. The average molecular weight is 398 g/mol. The Bertz CT molecular complexity index is 1160. The zero-order valence-corrected chi connectivity index (χ0v) is 16.8. The first-order valence-corrected chi connectivity index (χ1v) is 9.80. The Balaban J connectivity index is 2.05. The lowest BCUT2D eigenvalue weighted by molar-refractivity contribution is -0.134. The third kappa shape index (κ3) is 2.84. The second kappa shape index (κ2) is 7.30. The smallest absolute Gasteiger partial charge is 0.201 e. The van der Waals surface area contributed by atoms with Crippen molar-refractivity contribution in [1.29, 1.82) is 0 Å². The summed E-state index contributed by atoms with van der Waals surface area (Å²) >= 11 is 0. The van der Waals surface area contributed by atoms with Gasteiger partial charge in [0.15, 0.2) is 17.3 Å². The lowest BCUT2D eigenvalue weighted by atomic mass is 9.67. The lowest BCUT2D eigenvalue weighted by Gasteiger charge is -2.34. The number of allylic oxidation sites excluding steroid dienone is 2. The van der Waals surface area contributed by atoms with Gasteiger partial charge in [-0.1, -0.05) is 66.2 Å². The molecule has 2 N–H and O–H groups in total. The number of ketones is 2. The van der Waals surface area contributed by atoms with Gasteiger partial charge in [0.2, 0.25) is 5.78 Å². The van der Waals surface area contributed by atoms with E-state index in [9.17, 15) is 19.8 Å². The number of phenolic OH excluding ortho intramolecular Hbond substituents is 2. The summed E-state index contributed by atoms with van der Waals surface area (Å²) in [5, 5.41) is 20.2. The molecule has 0 aliphatic heterocycles. The highest BCUT2D eigenvalue weighted by molar-refractivity contribution is 6.36. The molecule has 0 fully saturated rings. The molecule has 3 aromatic rings. The molecule has 0 saturated heterocycles. The normalized spacial score (nSPS) is 14.1. The van der Waals surface area contributed by atoms with Crippen molar-refractivity contribution < 1.29 is 19.8 Å². The molecule has 0 amide bonds. The average Bonchev–Trinajstić information content (AvgIpc) is 3.05. The molecule has 0 atom stereocenters. The van der Waals surface area contributed by atoms with E-state index in [0.29, 0.717) is 0 Å². The first kappa shape index (κ1) is 19.6. The van der Waals surface area contributed by atoms with E-state index >= 15 is 0 Å². The number of Topliss-reactive ketones (excluding diaryl/α,β-unsaturated/α-hetero) is 2. The Morgan fingerprint density at radius 3 is 1.93 bits per heavy atom. The van der Waals surface area contributed by atoms with Crippen LogP contribution in [0.15, 0.2) is 78.4 Å². The number of aromatic hydroxyl groups is 2. The highest BCUT2D eigenvalue weighted by Gasteiger charge is 2.45. The Hall–Kier alpha value is -3.66. The summed E-state index contributed by atoms with van der Waals surface area (Å²) in [6, 6.07) is 20.9. The van der Waals surface area contributed by atoms with E-state index in [1.807, 2.05) is 43.3 Å². The van der Waals surface area contributed by atoms with Crippen LogP contribution in [0, 0.1) is 0 Å². The fourth-order valence-corrected chi connectivity index (χ4v) is 4.50. The number of carbonyl (C=O) groups excluding carboxylic acids is 2. The van der Waals surface area contributed by atoms with Gasteiger partial charge in [-0.3, -0.25) is 9.59 Å². The first-order valence-electron chi connectivity index (χ1n) is 9.80. The maximum Gasteiger partial charge on any atom is 0.201 e. The molecule has 150 valence electrons. The number of carbonyl (C=O) groups is 2. The molecule has 0 unspecified atom stereocenters. The number of hydrogen-bond acceptors (Lipinski definition) is 4. The highest BCUT2D eigenvalue weighted by atomic mass is 16.3. The number of phenols is 2. The molecule has 1 aliphatic rings. The SMILES string of the molecule is CC(=O)C(=O)C/C=C(\C)C1(c2ccc(O)c(O)c2)c2ccccc2-c2ccccc21. The van der Waals surface area contributed by atoms with Crippen LogP contribution >= 0.6 is 0 Å². The zero-order valence-electron chi connectivity index (χ0n) is 16.8. The molecule has 0 spiro atoms. The minimum Gasteiger partial charge on any atom is -0.504 e. The summed E-state index contributed by atoms with van der Waals surface area (Å²) in [5.41, 5.74) is 5.10. The number of benzene rings is 3. The van der Waals surface area contributed by atoms with Gasteiger partial charge in [-0.2, -0.15) is 0 Å². The van der Waals surface area contributed by atoms with Gasteiger partial charge in [0, 0.05) is 13.3 Å². The van der Waals surface area contributed by atoms with Crippen molar-refractivity contribution >= 4 is 11.6 Å². The molecule has 0 aromatic heterocycles. The second-order valence-corrected chi connectivity index (χ2v) is 7.62. The summed E-state index contributed by atoms with van der Waals surface area (Å²) in [6.07, 6.45) is 1.81. The first-order chi connectivity index (χ1) is 14.4. The van der Waals surface area contributed by atoms with Gasteiger partial charge < -0.3 is 10.2 Å². The van der Waals surface area contributed by atoms with Crippen molar-refractivity contribution in [1.82, 2.24) is 0 Å². The maximum absolute atomic E-state index is 12.0. The van der Waals surface area contributed by atoms with Crippen LogP contribution in [0.2, 0.25) is 0 Å². The van der Waals surface area contributed by atoms with Crippen molar-refractivity contribution in [2.24, 2.45) is 0 Å². The van der Waals surface area contributed by atoms with E-state index in [1.165, 1.54) is 13.0 Å². The standard InChI is InChI=1S/C26H22O4/c1-16(11-13-23(28)17(2)27)26(18-12-14-24(29)25(30)15-18)21-9-5-3-7-19(21)20-8-4-6-10-22(20)26/h3-12,14-15,29-30H,13H2,1-2H3/b16-11+. The van der Waals surface area contributed by atoms with Crippen molar-refractivity contribution in [2.75, 3.05) is 0 Å². The highest BCUT2D eigenvalue weighted by Crippen LogP contribution is 2.56. The molecular formula is C26H22O4. The molecule has 30 heavy (non-hydrogen) atoms. The third-order valence-electron chi connectivity index (χ3n) is 5.94. The van der Waals surface area contributed by atoms with Crippen LogP contribution in [-0.2, 0) is 15.0 Å². The Morgan fingerprint density at radius 2 is 1.40 bits per heavy atom. The molecule has 4 rings (SSSR count). The molecular weight excluding hydrogens is 376 g/mol. The van der Waals surface area contributed by atoms with Crippen LogP contribution in [0.3, 0.4) is 0 Å². The molecule has 1 aliphatic carbocycles. The van der Waals surface area contributed by atoms with Gasteiger partial charge in [0.1, 0.15) is 0 Å². The van der Waals surface area contributed by atoms with Crippen molar-refractivity contribution in [3.8, 4) is 22.6 Å². The summed E-state index contributed by atoms with van der Waals surface area (Å²) in [5.74, 6) is -1.32. The minimum absolute atomic E-state index is 0.0112. The van der Waals surface area contributed by atoms with Crippen LogP contribution in [0.4, 0.5) is 0 Å². The Kier molecular flexibility index (Phi) is 4.78. The van der Waals surface area contributed by atoms with Crippen LogP contribution in [0.5, 0.6) is 11.5 Å². The van der Waals surface area contributed by atoms with Crippen LogP contribution in [0.25, 0.3) is 11.1 Å². The summed E-state index contributed by atoms with van der Waals surface area (Å²) in [7, 11) is 0. The van der Waals surface area contributed by atoms with Gasteiger partial charge in [0.05, 0.1) is 5.41 Å². The molecule has 0 heterocycles. The monoisotopic (exact) mass is 398 g/mol. The van der Waals surface area contributed by atoms with Gasteiger partial charge in [-0.25, -0.2) is 0 Å². The van der Waals surface area contributed by atoms with Crippen molar-refractivity contribution in [3.05, 3.63) is 95.1 Å². The fraction of sp³-hybridized carbons (Fsp3) is 0.154. The van der Waals surface area contributed by atoms with Crippen molar-refractivity contribution in [3.63, 3.8) is 0 Å². The molecule has 3 aromatic carbocycles. The van der Waals surface area contributed by atoms with Crippen molar-refractivity contribution in [2.45, 2.75) is 25.7 Å². The van der Waals surface area contributed by atoms with Gasteiger partial charge in [0.25, 0.3) is 0 Å². The predicted octanol–water partition coefficient (Wildman–Crippen LogP) is 4.91. The van der Waals surface area contributed by atoms with E-state index in [4.69, 9.17) is 0 Å². The van der Waals surface area contributed by atoms with E-state index in [2.05, 4.69) is 12.1 Å². The van der Waals surface area contributed by atoms with Gasteiger partial charge in [-0.15, -0.1) is 0 Å².